The first-order valence-corrected chi connectivity index (χ1v) is 24.4. The van der Waals surface area contributed by atoms with Crippen LogP contribution in [0, 0.1) is 10.8 Å². The summed E-state index contributed by atoms with van der Waals surface area (Å²) in [6.07, 6.45) is 4.86. The number of benzene rings is 4. The maximum atomic E-state index is 13.6. The number of hydrogen-bond acceptors (Lipinski definition) is 9. The zero-order chi connectivity index (χ0) is 49.3. The van der Waals surface area contributed by atoms with E-state index in [1.54, 1.807) is 6.82 Å². The molecule has 0 saturated carbocycles. The van der Waals surface area contributed by atoms with E-state index in [-0.39, 0.29) is 66.4 Å². The lowest BCUT2D eigenvalue weighted by Crippen LogP contribution is -2.51. The van der Waals surface area contributed by atoms with Crippen molar-refractivity contribution in [2.45, 2.75) is 98.5 Å². The van der Waals surface area contributed by atoms with Crippen LogP contribution in [0.2, 0.25) is 6.82 Å². The second kappa shape index (κ2) is 22.7. The first-order valence-electron chi connectivity index (χ1n) is 24.4. The summed E-state index contributed by atoms with van der Waals surface area (Å²) in [6.45, 7) is 17.4. The molecule has 2 aliphatic heterocycles. The van der Waals surface area contributed by atoms with Crippen LogP contribution in [-0.2, 0) is 22.7 Å². The van der Waals surface area contributed by atoms with Gasteiger partial charge in [0.1, 0.15) is 11.6 Å². The fraction of sp³-hybridized carbons (Fsp3) is 0.418. The average Bonchev–Trinajstić information content (AvgIpc) is 3.82. The summed E-state index contributed by atoms with van der Waals surface area (Å²) >= 11 is 0. The van der Waals surface area contributed by atoms with Crippen LogP contribution in [-0.4, -0.2) is 119 Å². The van der Waals surface area contributed by atoms with E-state index in [2.05, 4.69) is 105 Å². The van der Waals surface area contributed by atoms with Crippen molar-refractivity contribution in [3.05, 3.63) is 156 Å². The van der Waals surface area contributed by atoms with Crippen molar-refractivity contribution < 1.29 is 24.8 Å². The van der Waals surface area contributed by atoms with E-state index in [9.17, 15) is 24.8 Å². The highest BCUT2D eigenvalue weighted by molar-refractivity contribution is 6.45. The van der Waals surface area contributed by atoms with Crippen LogP contribution in [0.5, 0.6) is 0 Å². The van der Waals surface area contributed by atoms with Crippen molar-refractivity contribution in [1.82, 2.24) is 39.0 Å². The van der Waals surface area contributed by atoms with Gasteiger partial charge in [0, 0.05) is 81.2 Å². The number of rotatable bonds is 13. The van der Waals surface area contributed by atoms with Crippen LogP contribution in [0.4, 0.5) is 0 Å². The Hall–Kier alpha value is -5.90. The molecular formula is C55H71BN8O5. The van der Waals surface area contributed by atoms with Gasteiger partial charge >= 0.3 is 7.05 Å². The van der Waals surface area contributed by atoms with Gasteiger partial charge in [-0.3, -0.25) is 9.59 Å². The van der Waals surface area contributed by atoms with E-state index >= 15 is 0 Å². The topological polar surface area (TPSA) is 152 Å². The lowest BCUT2D eigenvalue weighted by molar-refractivity contribution is -0.136. The van der Waals surface area contributed by atoms with Crippen LogP contribution in [0.3, 0.4) is 0 Å². The minimum Gasteiger partial charge on any atom is -0.437 e. The molecule has 13 nitrogen and oxygen atoms in total. The molecule has 69 heavy (non-hydrogen) atoms. The van der Waals surface area contributed by atoms with Gasteiger partial charge in [0.2, 0.25) is 11.8 Å². The molecule has 2 fully saturated rings. The maximum Gasteiger partial charge on any atom is 0.376 e. The molecule has 0 unspecified atom stereocenters. The van der Waals surface area contributed by atoms with E-state index in [4.69, 9.17) is 9.97 Å². The average molecular weight is 935 g/mol. The highest BCUT2D eigenvalue weighted by atomic mass is 16.3. The largest absolute Gasteiger partial charge is 0.437 e. The fourth-order valence-corrected chi connectivity index (χ4v) is 9.79. The van der Waals surface area contributed by atoms with Gasteiger partial charge in [0.05, 0.1) is 36.7 Å². The summed E-state index contributed by atoms with van der Waals surface area (Å²) < 4.78 is 4.35. The van der Waals surface area contributed by atoms with E-state index < -0.39 is 7.05 Å². The molecule has 4 N–H and O–H groups in total. The van der Waals surface area contributed by atoms with Crippen molar-refractivity contribution in [2.24, 2.45) is 10.8 Å². The van der Waals surface area contributed by atoms with Crippen LogP contribution in [0.25, 0.3) is 22.5 Å². The highest BCUT2D eigenvalue weighted by Gasteiger charge is 2.43. The number of aliphatic hydroxyl groups excluding tert-OH is 2. The predicted octanol–water partition coefficient (Wildman–Crippen LogP) is 7.56. The Kier molecular flexibility index (Phi) is 16.8. The van der Waals surface area contributed by atoms with E-state index in [0.717, 1.165) is 39.7 Å². The smallest absolute Gasteiger partial charge is 0.376 e. The van der Waals surface area contributed by atoms with Crippen molar-refractivity contribution in [2.75, 3.05) is 39.4 Å². The van der Waals surface area contributed by atoms with Gasteiger partial charge in [0.15, 0.2) is 0 Å². The maximum absolute atomic E-state index is 13.6. The Morgan fingerprint density at radius 1 is 0.623 bits per heavy atom. The van der Waals surface area contributed by atoms with Gasteiger partial charge < -0.3 is 44.3 Å². The van der Waals surface area contributed by atoms with Crippen molar-refractivity contribution in [3.63, 3.8) is 0 Å². The normalized spacial score (nSPS) is 18.2. The SMILES string of the molecule is CB(O)N1CCC(=O)N([C@@H](c2nc(-c3ccccc3)cn2Cc2ccccc2)C(C)(C)C)C[C@H]1CO.CC(C)(C)[C@H](c1nc(-c2ccccc2)cn1Cc1ccccc1)N1C[C@@H](CO)NCCC1=O. The Labute approximate surface area is 409 Å². The quantitative estimate of drug-likeness (QED) is 0.0861. The first kappa shape index (κ1) is 51.0. The molecule has 4 atom stereocenters. The minimum atomic E-state index is -0.743. The number of nitrogens with one attached hydrogen (secondary N) is 1. The van der Waals surface area contributed by atoms with Crippen LogP contribution in [0.1, 0.15) is 89.2 Å². The van der Waals surface area contributed by atoms with E-state index in [1.165, 1.54) is 5.56 Å². The monoisotopic (exact) mass is 935 g/mol. The van der Waals surface area contributed by atoms with Crippen molar-refractivity contribution >= 4 is 18.9 Å². The molecule has 8 rings (SSSR count). The Bertz CT molecular complexity index is 2560. The summed E-state index contributed by atoms with van der Waals surface area (Å²) in [5, 5.41) is 33.6. The molecule has 2 aliphatic rings. The number of carbonyl (C=O) groups is 2. The molecule has 2 amide bonds. The van der Waals surface area contributed by atoms with Gasteiger partial charge in [-0.05, 0) is 35.3 Å². The second-order valence-corrected chi connectivity index (χ2v) is 20.6. The number of aliphatic hydroxyl groups is 2. The van der Waals surface area contributed by atoms with Crippen molar-refractivity contribution in [3.8, 4) is 22.5 Å². The molecule has 4 aromatic carbocycles. The van der Waals surface area contributed by atoms with Gasteiger partial charge in [-0.25, -0.2) is 9.97 Å². The molecule has 0 aliphatic carbocycles. The minimum absolute atomic E-state index is 0.00559. The second-order valence-electron chi connectivity index (χ2n) is 20.6. The molecule has 14 heteroatoms. The van der Waals surface area contributed by atoms with E-state index in [0.29, 0.717) is 45.7 Å². The van der Waals surface area contributed by atoms with Gasteiger partial charge in [-0.15, -0.1) is 0 Å². The molecule has 2 saturated heterocycles. The van der Waals surface area contributed by atoms with Crippen LogP contribution in [0.15, 0.2) is 134 Å². The number of amides is 2. The standard InChI is InChI=1S/C28H37BN4O3.C27H34N4O2/c1-28(2,3)26(32-18-23(20-34)33(29(4)36)16-15-25(32)35)27-30-24(22-13-9-6-10-14-22)19-31(27)17-21-11-7-5-8-12-21;1-27(2,3)25(31-17-22(19-32)28-15-14-24(31)33)26-29-23(21-12-8-5-9-13-21)18-30(26)16-20-10-6-4-7-11-20/h5-14,19,23,26,34,36H,15-18,20H2,1-4H3;4-13,18,22,25,28,32H,14-17,19H2,1-3H3/t23-,26-;22-,25-/m00/s1. The summed E-state index contributed by atoms with van der Waals surface area (Å²) in [7, 11) is -0.743. The van der Waals surface area contributed by atoms with Gasteiger partial charge in [-0.1, -0.05) is 163 Å². The predicted molar refractivity (Wildman–Crippen MR) is 274 cm³/mol. The number of aromatic nitrogens is 4. The number of imidazole rings is 2. The zero-order valence-corrected chi connectivity index (χ0v) is 41.4. The van der Waals surface area contributed by atoms with Gasteiger partial charge in [-0.2, -0.15) is 0 Å². The lowest BCUT2D eigenvalue weighted by Gasteiger charge is -2.41. The number of nitrogens with zero attached hydrogens (tertiary/aromatic N) is 7. The molecule has 0 radical (unpaired) electrons. The molecule has 0 bridgehead atoms. The van der Waals surface area contributed by atoms with Crippen LogP contribution >= 0.6 is 0 Å². The fourth-order valence-electron chi connectivity index (χ4n) is 9.79. The van der Waals surface area contributed by atoms with Crippen LogP contribution < -0.4 is 5.32 Å². The van der Waals surface area contributed by atoms with Gasteiger partial charge in [0.25, 0.3) is 0 Å². The lowest BCUT2D eigenvalue weighted by atomic mass is 9.82. The first-order chi connectivity index (χ1) is 33.0. The summed E-state index contributed by atoms with van der Waals surface area (Å²) in [5.74, 6) is 1.79. The molecule has 6 aromatic rings. The Morgan fingerprint density at radius 3 is 1.45 bits per heavy atom. The summed E-state index contributed by atoms with van der Waals surface area (Å²) in [6, 6.07) is 39.8. The molecular weight excluding hydrogens is 863 g/mol. The summed E-state index contributed by atoms with van der Waals surface area (Å²) in [5.41, 5.74) is 5.58. The molecule has 0 spiro atoms. The number of carbonyl (C=O) groups excluding carboxylic acids is 2. The Morgan fingerprint density at radius 2 is 1.04 bits per heavy atom. The molecule has 2 aromatic heterocycles. The summed E-state index contributed by atoms with van der Waals surface area (Å²) in [4.78, 5) is 42.7. The number of hydrogen-bond donors (Lipinski definition) is 4. The zero-order valence-electron chi connectivity index (χ0n) is 41.4. The third kappa shape index (κ3) is 12.7. The third-order valence-electron chi connectivity index (χ3n) is 13.1. The Balaban J connectivity index is 0.000000205. The molecule has 4 heterocycles. The van der Waals surface area contributed by atoms with Crippen molar-refractivity contribution in [1.29, 1.82) is 0 Å². The highest BCUT2D eigenvalue weighted by Crippen LogP contribution is 2.42. The third-order valence-corrected chi connectivity index (χ3v) is 13.1. The molecule has 364 valence electrons. The van der Waals surface area contributed by atoms with E-state index in [1.807, 2.05) is 99.5 Å².